The SMILES string of the molecule is CCc1nc(CCCCCN)[nH]c1C. The maximum atomic E-state index is 5.43. The van der Waals surface area contributed by atoms with Gasteiger partial charge in [-0.25, -0.2) is 4.98 Å². The minimum atomic E-state index is 0.803. The van der Waals surface area contributed by atoms with E-state index in [0.29, 0.717) is 0 Å². The van der Waals surface area contributed by atoms with Crippen LogP contribution in [0.2, 0.25) is 0 Å². The summed E-state index contributed by atoms with van der Waals surface area (Å²) in [6.07, 6.45) is 5.59. The molecule has 1 rings (SSSR count). The molecule has 0 amide bonds. The molecule has 3 heteroatoms. The number of nitrogens with two attached hydrogens (primary N) is 1. The molecule has 0 atom stereocenters. The van der Waals surface area contributed by atoms with Crippen LogP contribution in [0.25, 0.3) is 0 Å². The minimum Gasteiger partial charge on any atom is -0.346 e. The zero-order valence-corrected chi connectivity index (χ0v) is 9.27. The van der Waals surface area contributed by atoms with Crippen LogP contribution in [-0.2, 0) is 12.8 Å². The van der Waals surface area contributed by atoms with Crippen molar-refractivity contribution in [2.45, 2.75) is 46.0 Å². The van der Waals surface area contributed by atoms with Gasteiger partial charge in [0.25, 0.3) is 0 Å². The van der Waals surface area contributed by atoms with Crippen LogP contribution in [0, 0.1) is 6.92 Å². The molecule has 0 radical (unpaired) electrons. The van der Waals surface area contributed by atoms with Crippen molar-refractivity contribution in [3.05, 3.63) is 17.2 Å². The van der Waals surface area contributed by atoms with Crippen molar-refractivity contribution in [3.8, 4) is 0 Å². The number of aryl methyl sites for hydroxylation is 3. The Hall–Kier alpha value is -0.830. The van der Waals surface area contributed by atoms with Crippen molar-refractivity contribution in [3.63, 3.8) is 0 Å². The maximum Gasteiger partial charge on any atom is 0.106 e. The molecule has 0 aliphatic rings. The predicted molar refractivity (Wildman–Crippen MR) is 59.3 cm³/mol. The summed E-state index contributed by atoms with van der Waals surface area (Å²) in [6.45, 7) is 5.04. The predicted octanol–water partition coefficient (Wildman–Crippen LogP) is 1.95. The van der Waals surface area contributed by atoms with Crippen molar-refractivity contribution in [1.29, 1.82) is 0 Å². The van der Waals surface area contributed by atoms with Crippen molar-refractivity contribution in [2.24, 2.45) is 5.73 Å². The number of H-pyrrole nitrogens is 1. The largest absolute Gasteiger partial charge is 0.346 e. The average molecular weight is 195 g/mol. The first kappa shape index (κ1) is 11.2. The van der Waals surface area contributed by atoms with Gasteiger partial charge < -0.3 is 10.7 Å². The van der Waals surface area contributed by atoms with Crippen molar-refractivity contribution in [2.75, 3.05) is 6.54 Å². The van der Waals surface area contributed by atoms with Gasteiger partial charge in [0.1, 0.15) is 5.82 Å². The number of hydrogen-bond acceptors (Lipinski definition) is 2. The second-order valence-corrected chi connectivity index (χ2v) is 3.71. The highest BCUT2D eigenvalue weighted by atomic mass is 14.9. The summed E-state index contributed by atoms with van der Waals surface area (Å²) in [6, 6.07) is 0. The number of nitrogens with one attached hydrogen (secondary N) is 1. The second kappa shape index (κ2) is 5.81. The van der Waals surface area contributed by atoms with Gasteiger partial charge in [0.2, 0.25) is 0 Å². The summed E-state index contributed by atoms with van der Waals surface area (Å²) < 4.78 is 0. The van der Waals surface area contributed by atoms with E-state index in [9.17, 15) is 0 Å². The van der Waals surface area contributed by atoms with E-state index >= 15 is 0 Å². The summed E-state index contributed by atoms with van der Waals surface area (Å²) in [4.78, 5) is 7.87. The van der Waals surface area contributed by atoms with Crippen LogP contribution in [0.15, 0.2) is 0 Å². The first-order valence-corrected chi connectivity index (χ1v) is 5.52. The molecule has 1 aromatic heterocycles. The van der Waals surface area contributed by atoms with Crippen LogP contribution in [-0.4, -0.2) is 16.5 Å². The van der Waals surface area contributed by atoms with Crippen LogP contribution in [0.3, 0.4) is 0 Å². The number of unbranched alkanes of at least 4 members (excludes halogenated alkanes) is 2. The van der Waals surface area contributed by atoms with Gasteiger partial charge >= 0.3 is 0 Å². The van der Waals surface area contributed by atoms with Gasteiger partial charge in [-0.15, -0.1) is 0 Å². The Labute approximate surface area is 86.1 Å². The quantitative estimate of drug-likeness (QED) is 0.682. The molecule has 14 heavy (non-hydrogen) atoms. The topological polar surface area (TPSA) is 54.7 Å². The number of aromatic amines is 1. The first-order valence-electron chi connectivity index (χ1n) is 5.52. The molecular weight excluding hydrogens is 174 g/mol. The number of aromatic nitrogens is 2. The molecule has 3 nitrogen and oxygen atoms in total. The lowest BCUT2D eigenvalue weighted by atomic mass is 10.2. The van der Waals surface area contributed by atoms with E-state index in [1.165, 1.54) is 24.2 Å². The Bertz CT molecular complexity index is 265. The summed E-state index contributed by atoms with van der Waals surface area (Å²) in [7, 11) is 0. The van der Waals surface area contributed by atoms with Crippen LogP contribution in [0.1, 0.15) is 43.4 Å². The monoisotopic (exact) mass is 195 g/mol. The molecular formula is C11H21N3. The standard InChI is InChI=1S/C11H21N3/c1-3-10-9(2)13-11(14-10)7-5-4-6-8-12/h3-8,12H2,1-2H3,(H,13,14). The van der Waals surface area contributed by atoms with Crippen LogP contribution < -0.4 is 5.73 Å². The molecule has 0 saturated carbocycles. The third kappa shape index (κ3) is 3.14. The molecule has 0 unspecified atom stereocenters. The smallest absolute Gasteiger partial charge is 0.106 e. The fraction of sp³-hybridized carbons (Fsp3) is 0.727. The third-order valence-electron chi connectivity index (χ3n) is 2.49. The zero-order valence-electron chi connectivity index (χ0n) is 9.27. The fourth-order valence-electron chi connectivity index (χ4n) is 1.64. The van der Waals surface area contributed by atoms with E-state index in [1.54, 1.807) is 0 Å². The molecule has 0 aliphatic carbocycles. The van der Waals surface area contributed by atoms with E-state index in [4.69, 9.17) is 5.73 Å². The van der Waals surface area contributed by atoms with Gasteiger partial charge in [-0.3, -0.25) is 0 Å². The van der Waals surface area contributed by atoms with Gasteiger partial charge in [0.05, 0.1) is 5.69 Å². The molecule has 0 spiro atoms. The number of hydrogen-bond donors (Lipinski definition) is 2. The maximum absolute atomic E-state index is 5.43. The fourth-order valence-corrected chi connectivity index (χ4v) is 1.64. The highest BCUT2D eigenvalue weighted by molar-refractivity contribution is 5.12. The third-order valence-corrected chi connectivity index (χ3v) is 2.49. The number of imidazole rings is 1. The average Bonchev–Trinajstić information content (AvgIpc) is 2.54. The van der Waals surface area contributed by atoms with E-state index in [1.807, 2.05) is 0 Å². The first-order chi connectivity index (χ1) is 6.77. The van der Waals surface area contributed by atoms with Crippen LogP contribution >= 0.6 is 0 Å². The Balaban J connectivity index is 2.35. The lowest BCUT2D eigenvalue weighted by Crippen LogP contribution is -1.98. The van der Waals surface area contributed by atoms with Crippen molar-refractivity contribution in [1.82, 2.24) is 9.97 Å². The number of nitrogens with zero attached hydrogens (tertiary/aromatic N) is 1. The molecule has 0 aromatic carbocycles. The van der Waals surface area contributed by atoms with Crippen LogP contribution in [0.5, 0.6) is 0 Å². The van der Waals surface area contributed by atoms with E-state index < -0.39 is 0 Å². The molecule has 0 aliphatic heterocycles. The van der Waals surface area contributed by atoms with Gasteiger partial charge in [-0.05, 0) is 32.7 Å². The van der Waals surface area contributed by atoms with Gasteiger partial charge in [0.15, 0.2) is 0 Å². The number of rotatable bonds is 6. The van der Waals surface area contributed by atoms with Crippen molar-refractivity contribution >= 4 is 0 Å². The Morgan fingerprint density at radius 3 is 2.64 bits per heavy atom. The Morgan fingerprint density at radius 1 is 1.29 bits per heavy atom. The van der Waals surface area contributed by atoms with E-state index in [2.05, 4.69) is 23.8 Å². The minimum absolute atomic E-state index is 0.803. The lowest BCUT2D eigenvalue weighted by Gasteiger charge is -1.96. The summed E-state index contributed by atoms with van der Waals surface area (Å²) in [5, 5.41) is 0. The summed E-state index contributed by atoms with van der Waals surface area (Å²) >= 11 is 0. The van der Waals surface area contributed by atoms with Crippen LogP contribution in [0.4, 0.5) is 0 Å². The van der Waals surface area contributed by atoms with E-state index in [-0.39, 0.29) is 0 Å². The molecule has 1 aromatic rings. The van der Waals surface area contributed by atoms with Crippen molar-refractivity contribution < 1.29 is 0 Å². The molecule has 3 N–H and O–H groups in total. The van der Waals surface area contributed by atoms with Gasteiger partial charge in [0, 0.05) is 12.1 Å². The summed E-state index contributed by atoms with van der Waals surface area (Å²) in [5.41, 5.74) is 7.86. The zero-order chi connectivity index (χ0) is 10.4. The highest BCUT2D eigenvalue weighted by Gasteiger charge is 2.03. The highest BCUT2D eigenvalue weighted by Crippen LogP contribution is 2.08. The summed E-state index contributed by atoms with van der Waals surface area (Å²) in [5.74, 6) is 1.14. The molecule has 80 valence electrons. The molecule has 0 saturated heterocycles. The lowest BCUT2D eigenvalue weighted by molar-refractivity contribution is 0.672. The second-order valence-electron chi connectivity index (χ2n) is 3.71. The van der Waals surface area contributed by atoms with Gasteiger partial charge in [-0.1, -0.05) is 13.3 Å². The Morgan fingerprint density at radius 2 is 2.07 bits per heavy atom. The molecule has 0 bridgehead atoms. The van der Waals surface area contributed by atoms with E-state index in [0.717, 1.165) is 31.6 Å². The molecule has 1 heterocycles. The normalized spacial score (nSPS) is 10.8. The van der Waals surface area contributed by atoms with Gasteiger partial charge in [-0.2, -0.15) is 0 Å². The molecule has 0 fully saturated rings. The Kier molecular flexibility index (Phi) is 4.66.